The lowest BCUT2D eigenvalue weighted by Crippen LogP contribution is -2.44. The number of hydrogen-bond donors (Lipinski definition) is 2. The number of amides is 1. The monoisotopic (exact) mass is 516 g/mol. The zero-order valence-corrected chi connectivity index (χ0v) is 20.0. The van der Waals surface area contributed by atoms with Gasteiger partial charge in [0.25, 0.3) is 0 Å². The molecule has 1 aromatic carbocycles. The van der Waals surface area contributed by atoms with Gasteiger partial charge >= 0.3 is 0 Å². The first kappa shape index (κ1) is 25.1. The van der Waals surface area contributed by atoms with Crippen LogP contribution in [0.25, 0.3) is 0 Å². The molecule has 1 amide bonds. The highest BCUT2D eigenvalue weighted by molar-refractivity contribution is 14.0. The molecule has 0 unspecified atom stereocenters. The summed E-state index contributed by atoms with van der Waals surface area (Å²) >= 11 is 0. The van der Waals surface area contributed by atoms with E-state index in [4.69, 9.17) is 9.47 Å². The largest absolute Gasteiger partial charge is 0.493 e. The molecule has 2 rings (SSSR count). The normalized spacial score (nSPS) is 13.5. The fourth-order valence-electron chi connectivity index (χ4n) is 3.25. The number of benzene rings is 1. The van der Waals surface area contributed by atoms with Crippen LogP contribution in [0.2, 0.25) is 0 Å². The van der Waals surface area contributed by atoms with Crippen LogP contribution in [-0.4, -0.2) is 57.2 Å². The molecule has 0 atom stereocenters. The quantitative estimate of drug-likeness (QED) is 0.229. The number of nitrogens with one attached hydrogen (secondary N) is 2. The Labute approximate surface area is 190 Å². The Morgan fingerprint density at radius 1 is 1.24 bits per heavy atom. The van der Waals surface area contributed by atoms with Crippen molar-refractivity contribution < 1.29 is 14.3 Å². The van der Waals surface area contributed by atoms with Gasteiger partial charge < -0.3 is 25.0 Å². The second kappa shape index (κ2) is 13.3. The number of allylic oxidation sites excluding steroid dienone is 1. The van der Waals surface area contributed by atoms with Gasteiger partial charge in [-0.1, -0.05) is 6.08 Å². The second-order valence-electron chi connectivity index (χ2n) is 6.62. The average molecular weight is 516 g/mol. The predicted octanol–water partition coefficient (Wildman–Crippen LogP) is 2.73. The SMILES string of the molecule is C=CCc1cc(CN=C(NCC)NCC(=O)N2CCCC2)cc(OC)c1OC.I. The Balaban J connectivity index is 0.00000420. The zero-order chi connectivity index (χ0) is 20.4. The summed E-state index contributed by atoms with van der Waals surface area (Å²) in [7, 11) is 3.25. The molecule has 0 aromatic heterocycles. The highest BCUT2D eigenvalue weighted by atomic mass is 127. The molecule has 7 nitrogen and oxygen atoms in total. The second-order valence-corrected chi connectivity index (χ2v) is 6.62. The van der Waals surface area contributed by atoms with Crippen LogP contribution < -0.4 is 20.1 Å². The van der Waals surface area contributed by atoms with Crippen molar-refractivity contribution in [2.75, 3.05) is 40.4 Å². The summed E-state index contributed by atoms with van der Waals surface area (Å²) in [5, 5.41) is 6.32. The van der Waals surface area contributed by atoms with E-state index < -0.39 is 0 Å². The minimum absolute atomic E-state index is 0. The standard InChI is InChI=1S/C21H32N4O3.HI/c1-5-9-17-12-16(13-18(27-3)20(17)28-4)14-23-21(22-6-2)24-15-19(26)25-10-7-8-11-25;/h5,12-13H,1,6-11,14-15H2,2-4H3,(H2,22,23,24);1H. The number of aliphatic imine (C=N–C) groups is 1. The molecule has 0 bridgehead atoms. The lowest BCUT2D eigenvalue weighted by molar-refractivity contribution is -0.128. The van der Waals surface area contributed by atoms with E-state index in [0.29, 0.717) is 24.7 Å². The topological polar surface area (TPSA) is 75.2 Å². The van der Waals surface area contributed by atoms with Gasteiger partial charge in [0.05, 0.1) is 27.3 Å². The van der Waals surface area contributed by atoms with E-state index in [9.17, 15) is 4.79 Å². The van der Waals surface area contributed by atoms with Gasteiger partial charge in [-0.15, -0.1) is 30.6 Å². The number of methoxy groups -OCH3 is 2. The molecule has 162 valence electrons. The van der Waals surface area contributed by atoms with Gasteiger partial charge in [-0.2, -0.15) is 0 Å². The van der Waals surface area contributed by atoms with E-state index in [0.717, 1.165) is 49.4 Å². The van der Waals surface area contributed by atoms with Crippen molar-refractivity contribution >= 4 is 35.8 Å². The van der Waals surface area contributed by atoms with Gasteiger partial charge in [0, 0.05) is 25.2 Å². The van der Waals surface area contributed by atoms with Crippen LogP contribution >= 0.6 is 24.0 Å². The van der Waals surface area contributed by atoms with Crippen LogP contribution in [0.5, 0.6) is 11.5 Å². The van der Waals surface area contributed by atoms with E-state index in [1.54, 1.807) is 14.2 Å². The molecular formula is C21H33IN4O3. The lowest BCUT2D eigenvalue weighted by Gasteiger charge is -2.17. The van der Waals surface area contributed by atoms with Crippen molar-refractivity contribution in [3.63, 3.8) is 0 Å². The molecule has 1 saturated heterocycles. The third-order valence-corrected chi connectivity index (χ3v) is 4.61. The first-order valence-electron chi connectivity index (χ1n) is 9.77. The maximum absolute atomic E-state index is 12.2. The number of nitrogens with zero attached hydrogens (tertiary/aromatic N) is 2. The molecule has 0 aliphatic carbocycles. The van der Waals surface area contributed by atoms with Crippen molar-refractivity contribution in [2.45, 2.75) is 32.7 Å². The minimum Gasteiger partial charge on any atom is -0.493 e. The highest BCUT2D eigenvalue weighted by Crippen LogP contribution is 2.33. The van der Waals surface area contributed by atoms with Gasteiger partial charge in [-0.25, -0.2) is 4.99 Å². The molecule has 0 radical (unpaired) electrons. The van der Waals surface area contributed by atoms with Crippen molar-refractivity contribution in [3.8, 4) is 11.5 Å². The predicted molar refractivity (Wildman–Crippen MR) is 127 cm³/mol. The van der Waals surface area contributed by atoms with Crippen molar-refractivity contribution in [2.24, 2.45) is 4.99 Å². The molecule has 0 spiro atoms. The number of likely N-dealkylation sites (tertiary alicyclic amines) is 1. The Kier molecular flexibility index (Phi) is 11.5. The summed E-state index contributed by atoms with van der Waals surface area (Å²) in [6.07, 6.45) is 4.69. The Morgan fingerprint density at radius 3 is 2.55 bits per heavy atom. The van der Waals surface area contributed by atoms with E-state index in [2.05, 4.69) is 22.2 Å². The van der Waals surface area contributed by atoms with Crippen LogP contribution in [0.1, 0.15) is 30.9 Å². The summed E-state index contributed by atoms with van der Waals surface area (Å²) in [6, 6.07) is 3.97. The number of halogens is 1. The maximum atomic E-state index is 12.2. The Bertz CT molecular complexity index is 703. The van der Waals surface area contributed by atoms with Crippen LogP contribution in [0.4, 0.5) is 0 Å². The highest BCUT2D eigenvalue weighted by Gasteiger charge is 2.17. The molecular weight excluding hydrogens is 483 g/mol. The third-order valence-electron chi connectivity index (χ3n) is 4.61. The number of carbonyl (C=O) groups excluding carboxylic acids is 1. The molecule has 0 saturated carbocycles. The molecule has 1 heterocycles. The summed E-state index contributed by atoms with van der Waals surface area (Å²) in [4.78, 5) is 18.8. The van der Waals surface area contributed by atoms with Gasteiger partial charge in [0.2, 0.25) is 5.91 Å². The van der Waals surface area contributed by atoms with Gasteiger partial charge in [-0.05, 0) is 43.9 Å². The molecule has 1 aliphatic heterocycles. The first-order valence-corrected chi connectivity index (χ1v) is 9.77. The fraction of sp³-hybridized carbons (Fsp3) is 0.524. The van der Waals surface area contributed by atoms with E-state index in [1.807, 2.05) is 30.0 Å². The van der Waals surface area contributed by atoms with Crippen LogP contribution in [-0.2, 0) is 17.8 Å². The van der Waals surface area contributed by atoms with Crippen LogP contribution in [0, 0.1) is 0 Å². The smallest absolute Gasteiger partial charge is 0.241 e. The maximum Gasteiger partial charge on any atom is 0.241 e. The van der Waals surface area contributed by atoms with E-state index >= 15 is 0 Å². The molecule has 29 heavy (non-hydrogen) atoms. The summed E-state index contributed by atoms with van der Waals surface area (Å²) in [5.41, 5.74) is 2.00. The van der Waals surface area contributed by atoms with Crippen LogP contribution in [0.3, 0.4) is 0 Å². The van der Waals surface area contributed by atoms with Gasteiger partial charge in [-0.3, -0.25) is 4.79 Å². The average Bonchev–Trinajstić information content (AvgIpc) is 3.24. The molecule has 1 aromatic rings. The number of rotatable bonds is 9. The van der Waals surface area contributed by atoms with Crippen LogP contribution in [0.15, 0.2) is 29.8 Å². The number of guanidine groups is 1. The number of ether oxygens (including phenoxy) is 2. The van der Waals surface area contributed by atoms with E-state index in [-0.39, 0.29) is 36.4 Å². The molecule has 8 heteroatoms. The third kappa shape index (κ3) is 7.41. The van der Waals surface area contributed by atoms with Crippen molar-refractivity contribution in [1.82, 2.24) is 15.5 Å². The first-order chi connectivity index (χ1) is 13.6. The lowest BCUT2D eigenvalue weighted by atomic mass is 10.1. The molecule has 2 N–H and O–H groups in total. The zero-order valence-electron chi connectivity index (χ0n) is 17.6. The van der Waals surface area contributed by atoms with Gasteiger partial charge in [0.1, 0.15) is 0 Å². The molecule has 1 fully saturated rings. The number of carbonyl (C=O) groups is 1. The Hall–Kier alpha value is -1.97. The molecule has 1 aliphatic rings. The van der Waals surface area contributed by atoms with E-state index in [1.165, 1.54) is 0 Å². The Morgan fingerprint density at radius 2 is 1.97 bits per heavy atom. The summed E-state index contributed by atoms with van der Waals surface area (Å²) < 4.78 is 10.9. The van der Waals surface area contributed by atoms with Gasteiger partial charge in [0.15, 0.2) is 17.5 Å². The summed E-state index contributed by atoms with van der Waals surface area (Å²) in [6.45, 7) is 8.94. The minimum atomic E-state index is 0. The van der Waals surface area contributed by atoms with Crippen molar-refractivity contribution in [1.29, 1.82) is 0 Å². The number of hydrogen-bond acceptors (Lipinski definition) is 4. The summed E-state index contributed by atoms with van der Waals surface area (Å²) in [5.74, 6) is 2.13. The fourth-order valence-corrected chi connectivity index (χ4v) is 3.25. The van der Waals surface area contributed by atoms with Crippen molar-refractivity contribution in [3.05, 3.63) is 35.9 Å².